The molecule has 0 atom stereocenters. The molecule has 0 radical (unpaired) electrons. The summed E-state index contributed by atoms with van der Waals surface area (Å²) < 4.78 is 0.832. The maximum Gasteiger partial charge on any atom is 0.124 e. The number of phenols is 1. The van der Waals surface area contributed by atoms with Crippen molar-refractivity contribution in [3.05, 3.63) is 28.2 Å². The minimum absolute atomic E-state index is 0.105. The van der Waals surface area contributed by atoms with E-state index in [1.807, 2.05) is 0 Å². The third-order valence-corrected chi connectivity index (χ3v) is 1.99. The number of hydrogen-bond acceptors (Lipinski definition) is 3. The summed E-state index contributed by atoms with van der Waals surface area (Å²) in [5, 5.41) is 20.8. The molecule has 0 aliphatic carbocycles. The molecule has 12 heavy (non-hydrogen) atoms. The molecule has 2 N–H and O–H groups in total. The van der Waals surface area contributed by atoms with E-state index in [1.165, 1.54) is 6.07 Å². The maximum absolute atomic E-state index is 9.32. The van der Waals surface area contributed by atoms with E-state index in [2.05, 4.69) is 21.1 Å². The molecule has 0 aliphatic heterocycles. The van der Waals surface area contributed by atoms with E-state index in [9.17, 15) is 5.11 Å². The smallest absolute Gasteiger partial charge is 0.124 e. The van der Waals surface area contributed by atoms with Gasteiger partial charge in [-0.15, -0.1) is 0 Å². The van der Waals surface area contributed by atoms with Crippen molar-refractivity contribution >= 4 is 21.6 Å². The third kappa shape index (κ3) is 1.76. The third-order valence-electron chi connectivity index (χ3n) is 1.50. The summed E-state index contributed by atoms with van der Waals surface area (Å²) in [5.74, 6) is 0.105. The number of rotatable bonds is 1. The molecular formula is C8H8BrNO2. The fraction of sp³-hybridized carbons (Fsp3) is 0.125. The van der Waals surface area contributed by atoms with Crippen LogP contribution in [0.4, 0.5) is 0 Å². The topological polar surface area (TPSA) is 52.8 Å². The van der Waals surface area contributed by atoms with Crippen LogP contribution in [-0.2, 0) is 0 Å². The highest BCUT2D eigenvalue weighted by molar-refractivity contribution is 9.10. The molecule has 0 saturated heterocycles. The summed E-state index contributed by atoms with van der Waals surface area (Å²) in [6.07, 6.45) is 0. The van der Waals surface area contributed by atoms with Gasteiger partial charge in [0, 0.05) is 10.0 Å². The van der Waals surface area contributed by atoms with Crippen molar-refractivity contribution in [1.29, 1.82) is 0 Å². The largest absolute Gasteiger partial charge is 0.507 e. The monoisotopic (exact) mass is 229 g/mol. The second kappa shape index (κ2) is 3.58. The Morgan fingerprint density at radius 3 is 2.75 bits per heavy atom. The highest BCUT2D eigenvalue weighted by Gasteiger charge is 2.04. The summed E-state index contributed by atoms with van der Waals surface area (Å²) in [7, 11) is 0. The first-order chi connectivity index (χ1) is 5.65. The number of aromatic hydroxyl groups is 1. The normalized spacial score (nSPS) is 11.7. The van der Waals surface area contributed by atoms with Crippen molar-refractivity contribution in [3.8, 4) is 5.75 Å². The maximum atomic E-state index is 9.32. The molecule has 0 heterocycles. The zero-order chi connectivity index (χ0) is 9.14. The Morgan fingerprint density at radius 2 is 2.17 bits per heavy atom. The van der Waals surface area contributed by atoms with Gasteiger partial charge in [0.25, 0.3) is 0 Å². The lowest BCUT2D eigenvalue weighted by molar-refractivity contribution is 0.318. The first kappa shape index (κ1) is 9.06. The molecule has 4 heteroatoms. The molecule has 1 aromatic carbocycles. The van der Waals surface area contributed by atoms with Crippen LogP contribution in [-0.4, -0.2) is 16.0 Å². The first-order valence-electron chi connectivity index (χ1n) is 3.32. The summed E-state index contributed by atoms with van der Waals surface area (Å²) in [4.78, 5) is 0. The van der Waals surface area contributed by atoms with E-state index in [-0.39, 0.29) is 5.75 Å². The number of oxime groups is 1. The summed E-state index contributed by atoms with van der Waals surface area (Å²) >= 11 is 3.25. The van der Waals surface area contributed by atoms with Gasteiger partial charge in [-0.1, -0.05) is 21.1 Å². The van der Waals surface area contributed by atoms with Crippen LogP contribution in [0, 0.1) is 0 Å². The van der Waals surface area contributed by atoms with Gasteiger partial charge in [0.15, 0.2) is 0 Å². The number of hydrogen-bond donors (Lipinski definition) is 2. The molecular weight excluding hydrogens is 222 g/mol. The number of benzene rings is 1. The van der Waals surface area contributed by atoms with Gasteiger partial charge >= 0.3 is 0 Å². The van der Waals surface area contributed by atoms with E-state index in [0.29, 0.717) is 11.3 Å². The van der Waals surface area contributed by atoms with Crippen molar-refractivity contribution in [3.63, 3.8) is 0 Å². The fourth-order valence-electron chi connectivity index (χ4n) is 0.852. The van der Waals surface area contributed by atoms with Gasteiger partial charge in [-0.05, 0) is 25.1 Å². The molecule has 0 spiro atoms. The molecule has 0 aromatic heterocycles. The van der Waals surface area contributed by atoms with Gasteiger partial charge in [0.2, 0.25) is 0 Å². The Morgan fingerprint density at radius 1 is 1.50 bits per heavy atom. The van der Waals surface area contributed by atoms with Crippen LogP contribution in [0.25, 0.3) is 0 Å². The van der Waals surface area contributed by atoms with Gasteiger partial charge in [-0.2, -0.15) is 0 Å². The van der Waals surface area contributed by atoms with Crippen molar-refractivity contribution < 1.29 is 10.3 Å². The van der Waals surface area contributed by atoms with Gasteiger partial charge < -0.3 is 10.3 Å². The molecule has 0 saturated carbocycles. The first-order valence-corrected chi connectivity index (χ1v) is 4.12. The predicted octanol–water partition coefficient (Wildman–Crippen LogP) is 2.35. The lowest BCUT2D eigenvalue weighted by Gasteiger charge is -2.02. The average Bonchev–Trinajstić information content (AvgIpc) is 2.08. The molecule has 0 amide bonds. The lowest BCUT2D eigenvalue weighted by Crippen LogP contribution is -1.94. The minimum Gasteiger partial charge on any atom is -0.507 e. The molecule has 1 rings (SSSR count). The zero-order valence-electron chi connectivity index (χ0n) is 6.45. The van der Waals surface area contributed by atoms with Crippen molar-refractivity contribution in [1.82, 2.24) is 0 Å². The molecule has 0 bridgehead atoms. The molecule has 64 valence electrons. The van der Waals surface area contributed by atoms with Gasteiger partial charge in [0.05, 0.1) is 5.71 Å². The van der Waals surface area contributed by atoms with Crippen LogP contribution >= 0.6 is 15.9 Å². The summed E-state index contributed by atoms with van der Waals surface area (Å²) in [5.41, 5.74) is 0.903. The molecule has 0 fully saturated rings. The second-order valence-corrected chi connectivity index (χ2v) is 3.26. The van der Waals surface area contributed by atoms with E-state index in [0.717, 1.165) is 4.47 Å². The quantitative estimate of drug-likeness (QED) is 0.442. The fourth-order valence-corrected chi connectivity index (χ4v) is 1.21. The Balaban J connectivity index is 3.23. The Hall–Kier alpha value is -1.03. The minimum atomic E-state index is 0.105. The van der Waals surface area contributed by atoms with Crippen molar-refractivity contribution in [2.45, 2.75) is 6.92 Å². The molecule has 0 aliphatic rings. The van der Waals surface area contributed by atoms with Crippen LogP contribution in [0.1, 0.15) is 12.5 Å². The summed E-state index contributed by atoms with van der Waals surface area (Å²) in [6.45, 7) is 1.61. The predicted molar refractivity (Wildman–Crippen MR) is 49.8 cm³/mol. The van der Waals surface area contributed by atoms with Crippen molar-refractivity contribution in [2.75, 3.05) is 0 Å². The van der Waals surface area contributed by atoms with E-state index >= 15 is 0 Å². The van der Waals surface area contributed by atoms with Gasteiger partial charge in [0.1, 0.15) is 5.75 Å². The molecule has 3 nitrogen and oxygen atoms in total. The van der Waals surface area contributed by atoms with Crippen LogP contribution < -0.4 is 0 Å². The number of halogens is 1. The highest BCUT2D eigenvalue weighted by atomic mass is 79.9. The van der Waals surface area contributed by atoms with E-state index < -0.39 is 0 Å². The number of phenolic OH excluding ortho intramolecular Hbond substituents is 1. The lowest BCUT2D eigenvalue weighted by atomic mass is 10.1. The van der Waals surface area contributed by atoms with E-state index in [4.69, 9.17) is 5.21 Å². The van der Waals surface area contributed by atoms with Crippen LogP contribution in [0.2, 0.25) is 0 Å². The summed E-state index contributed by atoms with van der Waals surface area (Å²) in [6, 6.07) is 4.93. The van der Waals surface area contributed by atoms with Crippen molar-refractivity contribution in [2.24, 2.45) is 5.16 Å². The average molecular weight is 230 g/mol. The molecule has 0 unspecified atom stereocenters. The van der Waals surface area contributed by atoms with Crippen LogP contribution in [0.3, 0.4) is 0 Å². The zero-order valence-corrected chi connectivity index (χ0v) is 8.04. The SMILES string of the molecule is CC(=NO)c1cc(Br)ccc1O. The second-order valence-electron chi connectivity index (χ2n) is 2.35. The van der Waals surface area contributed by atoms with E-state index in [1.54, 1.807) is 19.1 Å². The van der Waals surface area contributed by atoms with Gasteiger partial charge in [-0.25, -0.2) is 0 Å². The Kier molecular flexibility index (Phi) is 2.70. The Bertz CT molecular complexity index is 323. The number of nitrogens with zero attached hydrogens (tertiary/aromatic N) is 1. The van der Waals surface area contributed by atoms with Crippen LogP contribution in [0.5, 0.6) is 5.75 Å². The van der Waals surface area contributed by atoms with Crippen LogP contribution in [0.15, 0.2) is 27.8 Å². The highest BCUT2D eigenvalue weighted by Crippen LogP contribution is 2.22. The Labute approximate surface area is 78.5 Å². The molecule has 1 aromatic rings. The standard InChI is InChI=1S/C8H8BrNO2/c1-5(10-12)7-4-6(9)2-3-8(7)11/h2-4,11-12H,1H3. The van der Waals surface area contributed by atoms with Gasteiger partial charge in [-0.3, -0.25) is 0 Å².